The highest BCUT2D eigenvalue weighted by molar-refractivity contribution is 5.53. The van der Waals surface area contributed by atoms with Gasteiger partial charge >= 0.3 is 6.16 Å². The Hall–Kier alpha value is -2.69. The van der Waals surface area contributed by atoms with Crippen LogP contribution < -0.4 is 0 Å². The fraction of sp³-hybridized carbons (Fsp3) is 0.316. The van der Waals surface area contributed by atoms with Crippen molar-refractivity contribution in [2.24, 2.45) is 0 Å². The smallest absolute Gasteiger partial charge is 0.503 e. The van der Waals surface area contributed by atoms with Crippen LogP contribution in [0.25, 0.3) is 0 Å². The molecule has 0 aliphatic carbocycles. The summed E-state index contributed by atoms with van der Waals surface area (Å²) in [7, 11) is 0. The van der Waals surface area contributed by atoms with E-state index in [4.69, 9.17) is 25.2 Å². The molecular formula is C19H26O5. The van der Waals surface area contributed by atoms with Crippen molar-refractivity contribution >= 4 is 6.16 Å². The molecule has 0 unspecified atom stereocenters. The van der Waals surface area contributed by atoms with Crippen LogP contribution >= 0.6 is 0 Å². The van der Waals surface area contributed by atoms with E-state index in [0.717, 1.165) is 25.7 Å². The fourth-order valence-corrected chi connectivity index (χ4v) is 1.90. The summed E-state index contributed by atoms with van der Waals surface area (Å²) in [5.74, 6) is 0.694. The Morgan fingerprint density at radius 1 is 0.708 bits per heavy atom. The zero-order valence-electron chi connectivity index (χ0n) is 14.1. The molecule has 0 spiro atoms. The quantitative estimate of drug-likeness (QED) is 0.637. The Morgan fingerprint density at radius 2 is 0.958 bits per heavy atom. The van der Waals surface area contributed by atoms with Gasteiger partial charge in [-0.25, -0.2) is 4.79 Å². The van der Waals surface area contributed by atoms with Crippen molar-refractivity contribution in [2.45, 2.75) is 39.5 Å². The van der Waals surface area contributed by atoms with E-state index in [2.05, 4.69) is 13.8 Å². The van der Waals surface area contributed by atoms with E-state index < -0.39 is 6.16 Å². The van der Waals surface area contributed by atoms with Gasteiger partial charge in [0, 0.05) is 0 Å². The van der Waals surface area contributed by atoms with E-state index in [1.165, 1.54) is 11.1 Å². The molecule has 2 rings (SSSR count). The Kier molecular flexibility index (Phi) is 11.4. The Morgan fingerprint density at radius 3 is 1.17 bits per heavy atom. The maximum absolute atomic E-state index is 8.92. The van der Waals surface area contributed by atoms with Crippen molar-refractivity contribution in [3.63, 3.8) is 0 Å². The van der Waals surface area contributed by atoms with E-state index >= 15 is 0 Å². The van der Waals surface area contributed by atoms with E-state index in [1.54, 1.807) is 24.3 Å². The number of benzene rings is 2. The average Bonchev–Trinajstić information content (AvgIpc) is 2.53. The fourth-order valence-electron chi connectivity index (χ4n) is 1.90. The van der Waals surface area contributed by atoms with Gasteiger partial charge in [-0.3, -0.25) is 0 Å². The maximum atomic E-state index is 8.92. The van der Waals surface area contributed by atoms with Crippen LogP contribution in [-0.4, -0.2) is 26.6 Å². The highest BCUT2D eigenvalue weighted by Gasteiger charge is 1.90. The maximum Gasteiger partial charge on any atom is 0.503 e. The number of aryl methyl sites for hydroxylation is 2. The molecule has 2 aromatic rings. The number of hydrogen-bond acceptors (Lipinski definition) is 3. The molecule has 2 aromatic carbocycles. The summed E-state index contributed by atoms with van der Waals surface area (Å²) in [4.78, 5) is 8.56. The first-order valence-corrected chi connectivity index (χ1v) is 7.86. The van der Waals surface area contributed by atoms with Crippen molar-refractivity contribution in [3.8, 4) is 11.5 Å². The lowest BCUT2D eigenvalue weighted by molar-refractivity contribution is 0.137. The number of hydrogen-bond donors (Lipinski definition) is 4. The van der Waals surface area contributed by atoms with Crippen molar-refractivity contribution in [1.82, 2.24) is 0 Å². The molecule has 0 atom stereocenters. The minimum atomic E-state index is -1.83. The first-order valence-electron chi connectivity index (χ1n) is 7.86. The summed E-state index contributed by atoms with van der Waals surface area (Å²) in [5, 5.41) is 31.8. The van der Waals surface area contributed by atoms with Gasteiger partial charge in [-0.05, 0) is 48.2 Å². The Labute approximate surface area is 142 Å². The molecule has 0 saturated heterocycles. The minimum Gasteiger partial charge on any atom is -0.508 e. The molecule has 0 heterocycles. The lowest BCUT2D eigenvalue weighted by atomic mass is 10.1. The predicted octanol–water partition coefficient (Wildman–Crippen LogP) is 4.91. The molecule has 0 fully saturated rings. The summed E-state index contributed by atoms with van der Waals surface area (Å²) in [5.41, 5.74) is 2.58. The third kappa shape index (κ3) is 11.9. The number of carbonyl (C=O) groups is 1. The second kappa shape index (κ2) is 12.8. The van der Waals surface area contributed by atoms with Crippen LogP contribution in [0.1, 0.15) is 37.8 Å². The second-order valence-corrected chi connectivity index (χ2v) is 5.12. The molecule has 24 heavy (non-hydrogen) atoms. The third-order valence-electron chi connectivity index (χ3n) is 2.95. The van der Waals surface area contributed by atoms with Crippen molar-refractivity contribution in [2.75, 3.05) is 0 Å². The van der Waals surface area contributed by atoms with Gasteiger partial charge in [0.25, 0.3) is 0 Å². The van der Waals surface area contributed by atoms with Gasteiger partial charge in [-0.2, -0.15) is 0 Å². The normalized spacial score (nSPS) is 9.08. The van der Waals surface area contributed by atoms with Crippen molar-refractivity contribution < 1.29 is 25.2 Å². The molecule has 0 aromatic heterocycles. The van der Waals surface area contributed by atoms with Gasteiger partial charge in [0.05, 0.1) is 0 Å². The van der Waals surface area contributed by atoms with Crippen molar-refractivity contribution in [3.05, 3.63) is 59.7 Å². The lowest BCUT2D eigenvalue weighted by Crippen LogP contribution is -1.81. The van der Waals surface area contributed by atoms with Gasteiger partial charge in [-0.15, -0.1) is 0 Å². The molecule has 132 valence electrons. The molecule has 4 N–H and O–H groups in total. The topological polar surface area (TPSA) is 98.0 Å². The van der Waals surface area contributed by atoms with E-state index in [-0.39, 0.29) is 0 Å². The van der Waals surface area contributed by atoms with Crippen molar-refractivity contribution in [1.29, 1.82) is 0 Å². The largest absolute Gasteiger partial charge is 0.508 e. The van der Waals surface area contributed by atoms with Crippen LogP contribution in [0, 0.1) is 0 Å². The summed E-state index contributed by atoms with van der Waals surface area (Å²) in [6, 6.07) is 14.7. The van der Waals surface area contributed by atoms with Gasteiger partial charge in [-0.1, -0.05) is 51.0 Å². The van der Waals surface area contributed by atoms with Gasteiger partial charge in [0.15, 0.2) is 0 Å². The third-order valence-corrected chi connectivity index (χ3v) is 2.95. The van der Waals surface area contributed by atoms with E-state index in [1.807, 2.05) is 24.3 Å². The predicted molar refractivity (Wildman–Crippen MR) is 94.9 cm³/mol. The van der Waals surface area contributed by atoms with Crippen LogP contribution in [-0.2, 0) is 12.8 Å². The highest BCUT2D eigenvalue weighted by Crippen LogP contribution is 2.11. The summed E-state index contributed by atoms with van der Waals surface area (Å²) >= 11 is 0. The molecule has 0 aliphatic rings. The molecule has 0 radical (unpaired) electrons. The highest BCUT2D eigenvalue weighted by atomic mass is 16.6. The first-order chi connectivity index (χ1) is 11.4. The number of aromatic hydroxyl groups is 2. The van der Waals surface area contributed by atoms with Crippen LogP contribution in [0.2, 0.25) is 0 Å². The first kappa shape index (κ1) is 21.3. The van der Waals surface area contributed by atoms with E-state index in [0.29, 0.717) is 11.5 Å². The van der Waals surface area contributed by atoms with Gasteiger partial charge < -0.3 is 20.4 Å². The molecular weight excluding hydrogens is 308 g/mol. The Balaban J connectivity index is 0.000000363. The molecule has 0 aliphatic heterocycles. The second-order valence-electron chi connectivity index (χ2n) is 5.12. The van der Waals surface area contributed by atoms with Gasteiger partial charge in [0.1, 0.15) is 11.5 Å². The number of phenols is 2. The van der Waals surface area contributed by atoms with Crippen LogP contribution in [0.3, 0.4) is 0 Å². The number of carboxylic acid groups (broad SMARTS) is 2. The monoisotopic (exact) mass is 334 g/mol. The average molecular weight is 334 g/mol. The minimum absolute atomic E-state index is 0.347. The number of phenolic OH excluding ortho intramolecular Hbond substituents is 2. The van der Waals surface area contributed by atoms with Gasteiger partial charge in [0.2, 0.25) is 0 Å². The molecule has 5 nitrogen and oxygen atoms in total. The Bertz CT molecular complexity index is 510. The lowest BCUT2D eigenvalue weighted by Gasteiger charge is -1.96. The van der Waals surface area contributed by atoms with E-state index in [9.17, 15) is 0 Å². The van der Waals surface area contributed by atoms with Crippen LogP contribution in [0.5, 0.6) is 11.5 Å². The van der Waals surface area contributed by atoms with Crippen LogP contribution in [0.4, 0.5) is 4.79 Å². The standard InChI is InChI=1S/2C9H12O.CH2O3/c2*1-2-3-8-4-6-9(10)7-5-8;2-1(3)4/h2*4-7,10H,2-3H2,1H3;(H2,2,3,4). The molecule has 0 saturated carbocycles. The SMILES string of the molecule is CCCc1ccc(O)cc1.CCCc1ccc(O)cc1.O=C(O)O. The summed E-state index contributed by atoms with van der Waals surface area (Å²) in [6.45, 7) is 4.29. The molecule has 0 bridgehead atoms. The summed E-state index contributed by atoms with van der Waals surface area (Å²) in [6.07, 6.45) is 2.68. The van der Waals surface area contributed by atoms with Crippen LogP contribution in [0.15, 0.2) is 48.5 Å². The zero-order valence-corrected chi connectivity index (χ0v) is 14.1. The number of rotatable bonds is 4. The zero-order chi connectivity index (χ0) is 18.4. The molecule has 5 heteroatoms. The summed E-state index contributed by atoms with van der Waals surface area (Å²) < 4.78 is 0. The molecule has 0 amide bonds.